The summed E-state index contributed by atoms with van der Waals surface area (Å²) in [5.41, 5.74) is 12.2. The van der Waals surface area contributed by atoms with Gasteiger partial charge in [0, 0.05) is 30.9 Å². The summed E-state index contributed by atoms with van der Waals surface area (Å²) in [6, 6.07) is 8.05. The van der Waals surface area contributed by atoms with E-state index < -0.39 is 11.7 Å². The Morgan fingerprint density at radius 2 is 2.03 bits per heavy atom. The minimum absolute atomic E-state index is 0.0392. The van der Waals surface area contributed by atoms with Gasteiger partial charge in [0.1, 0.15) is 18.2 Å². The Labute approximate surface area is 175 Å². The Morgan fingerprint density at radius 1 is 1.23 bits per heavy atom. The number of ether oxygens (including phenoxy) is 2. The van der Waals surface area contributed by atoms with E-state index in [2.05, 4.69) is 15.6 Å². The number of halogens is 1. The number of nitrogens with two attached hydrogens (primary N) is 2. The predicted octanol–water partition coefficient (Wildman–Crippen LogP) is 2.77. The fraction of sp³-hybridized carbons (Fsp3) is 0.429. The number of pyridine rings is 1. The number of anilines is 3. The molecule has 0 radical (unpaired) electrons. The standard InChI is InChI=1S/C21H28FN5O3/c1-29-9-10-30-14-6-4-5-13(11-14)25-20-15(19(24)28)12-16(22)21(27-20)26-18-8-3-2-7-17(18)23/h4-6,11-12,17-18H,2-3,7-10,23H2,1H3,(H2,24,28)(H2,25,26,27)/t17-,18+/m0/s1. The van der Waals surface area contributed by atoms with Crippen LogP contribution < -0.4 is 26.8 Å². The molecule has 2 aromatic rings. The van der Waals surface area contributed by atoms with Gasteiger partial charge in [0.15, 0.2) is 11.6 Å². The van der Waals surface area contributed by atoms with Crippen molar-refractivity contribution in [3.63, 3.8) is 0 Å². The van der Waals surface area contributed by atoms with Crippen molar-refractivity contribution in [2.45, 2.75) is 37.8 Å². The van der Waals surface area contributed by atoms with Gasteiger partial charge in [-0.1, -0.05) is 18.9 Å². The summed E-state index contributed by atoms with van der Waals surface area (Å²) in [5, 5.41) is 6.13. The zero-order valence-corrected chi connectivity index (χ0v) is 17.0. The normalized spacial score (nSPS) is 18.6. The SMILES string of the molecule is COCCOc1cccc(Nc2nc(N[C@@H]3CCCC[C@@H]3N)c(F)cc2C(N)=O)c1. The first kappa shape index (κ1) is 21.8. The number of nitrogens with one attached hydrogen (secondary N) is 2. The van der Waals surface area contributed by atoms with Crippen LogP contribution in [0.25, 0.3) is 0 Å². The van der Waals surface area contributed by atoms with Crippen molar-refractivity contribution in [2.24, 2.45) is 11.5 Å². The summed E-state index contributed by atoms with van der Waals surface area (Å²) in [6.45, 7) is 0.859. The smallest absolute Gasteiger partial charge is 0.252 e. The number of hydrogen-bond donors (Lipinski definition) is 4. The van der Waals surface area contributed by atoms with Crippen molar-refractivity contribution in [3.8, 4) is 5.75 Å². The average Bonchev–Trinajstić information content (AvgIpc) is 2.72. The van der Waals surface area contributed by atoms with Crippen molar-refractivity contribution < 1.29 is 18.7 Å². The molecule has 0 unspecified atom stereocenters. The molecule has 1 aliphatic rings. The highest BCUT2D eigenvalue weighted by atomic mass is 19.1. The van der Waals surface area contributed by atoms with E-state index >= 15 is 0 Å². The van der Waals surface area contributed by atoms with Crippen molar-refractivity contribution >= 4 is 23.2 Å². The number of carbonyl (C=O) groups excluding carboxylic acids is 1. The number of primary amides is 1. The first-order valence-corrected chi connectivity index (χ1v) is 9.99. The van der Waals surface area contributed by atoms with Gasteiger partial charge in [-0.05, 0) is 31.0 Å². The van der Waals surface area contributed by atoms with Gasteiger partial charge in [-0.15, -0.1) is 0 Å². The number of nitrogens with zero attached hydrogens (tertiary/aromatic N) is 1. The monoisotopic (exact) mass is 417 g/mol. The van der Waals surface area contributed by atoms with Crippen LogP contribution >= 0.6 is 0 Å². The number of hydrogen-bond acceptors (Lipinski definition) is 7. The number of amides is 1. The molecular weight excluding hydrogens is 389 g/mol. The van der Waals surface area contributed by atoms with Crippen LogP contribution in [0.5, 0.6) is 5.75 Å². The molecular formula is C21H28FN5O3. The first-order chi connectivity index (χ1) is 14.5. The quantitative estimate of drug-likeness (QED) is 0.462. The van der Waals surface area contributed by atoms with E-state index in [1.807, 2.05) is 0 Å². The maximum atomic E-state index is 14.6. The Balaban J connectivity index is 1.83. The molecule has 1 aromatic carbocycles. The fourth-order valence-electron chi connectivity index (χ4n) is 3.43. The molecule has 30 heavy (non-hydrogen) atoms. The van der Waals surface area contributed by atoms with Gasteiger partial charge in [-0.25, -0.2) is 9.37 Å². The molecule has 0 bridgehead atoms. The Bertz CT molecular complexity index is 880. The molecule has 1 aliphatic carbocycles. The molecule has 1 aromatic heterocycles. The van der Waals surface area contributed by atoms with Crippen LogP contribution in [0.4, 0.5) is 21.7 Å². The summed E-state index contributed by atoms with van der Waals surface area (Å²) < 4.78 is 25.2. The Kier molecular flexibility index (Phi) is 7.42. The maximum absolute atomic E-state index is 14.6. The molecule has 9 heteroatoms. The van der Waals surface area contributed by atoms with E-state index in [9.17, 15) is 9.18 Å². The molecule has 0 saturated heterocycles. The predicted molar refractivity (Wildman–Crippen MR) is 114 cm³/mol. The van der Waals surface area contributed by atoms with Crippen LogP contribution in [0, 0.1) is 5.82 Å². The molecule has 0 aliphatic heterocycles. The van der Waals surface area contributed by atoms with E-state index in [4.69, 9.17) is 20.9 Å². The lowest BCUT2D eigenvalue weighted by atomic mass is 9.91. The summed E-state index contributed by atoms with van der Waals surface area (Å²) in [6.07, 6.45) is 3.79. The summed E-state index contributed by atoms with van der Waals surface area (Å²) in [7, 11) is 1.60. The second-order valence-electron chi connectivity index (χ2n) is 7.27. The molecule has 1 saturated carbocycles. The molecule has 6 N–H and O–H groups in total. The Morgan fingerprint density at radius 3 is 2.77 bits per heavy atom. The van der Waals surface area contributed by atoms with Gasteiger partial charge in [-0.2, -0.15) is 0 Å². The van der Waals surface area contributed by atoms with Gasteiger partial charge in [0.05, 0.1) is 12.2 Å². The van der Waals surface area contributed by atoms with Crippen LogP contribution in [0.2, 0.25) is 0 Å². The van der Waals surface area contributed by atoms with Gasteiger partial charge in [0.2, 0.25) is 0 Å². The largest absolute Gasteiger partial charge is 0.491 e. The molecule has 2 atom stereocenters. The number of carbonyl (C=O) groups is 1. The number of methoxy groups -OCH3 is 1. The van der Waals surface area contributed by atoms with Crippen molar-refractivity contribution in [1.29, 1.82) is 0 Å². The van der Waals surface area contributed by atoms with Crippen molar-refractivity contribution in [3.05, 3.63) is 41.7 Å². The van der Waals surface area contributed by atoms with Crippen molar-refractivity contribution in [1.82, 2.24) is 4.98 Å². The van der Waals surface area contributed by atoms with E-state index in [-0.39, 0.29) is 29.3 Å². The molecule has 0 spiro atoms. The number of benzene rings is 1. The lowest BCUT2D eigenvalue weighted by molar-refractivity contribution is 0.100. The molecule has 1 amide bonds. The van der Waals surface area contributed by atoms with Gasteiger partial charge in [-0.3, -0.25) is 4.79 Å². The third-order valence-electron chi connectivity index (χ3n) is 5.04. The van der Waals surface area contributed by atoms with E-state index in [1.54, 1.807) is 31.4 Å². The lowest BCUT2D eigenvalue weighted by Crippen LogP contribution is -2.43. The minimum Gasteiger partial charge on any atom is -0.491 e. The van der Waals surface area contributed by atoms with E-state index in [0.717, 1.165) is 31.7 Å². The highest BCUT2D eigenvalue weighted by Crippen LogP contribution is 2.28. The maximum Gasteiger partial charge on any atom is 0.252 e. The zero-order chi connectivity index (χ0) is 21.5. The molecule has 8 nitrogen and oxygen atoms in total. The van der Waals surface area contributed by atoms with Gasteiger partial charge < -0.3 is 31.6 Å². The topological polar surface area (TPSA) is 125 Å². The zero-order valence-electron chi connectivity index (χ0n) is 17.0. The van der Waals surface area contributed by atoms with E-state index in [0.29, 0.717) is 24.7 Å². The van der Waals surface area contributed by atoms with Crippen molar-refractivity contribution in [2.75, 3.05) is 31.0 Å². The third-order valence-corrected chi connectivity index (χ3v) is 5.04. The summed E-state index contributed by atoms with van der Waals surface area (Å²) in [5.74, 6) is -0.616. The van der Waals surface area contributed by atoms with Crippen LogP contribution in [0.3, 0.4) is 0 Å². The fourth-order valence-corrected chi connectivity index (χ4v) is 3.43. The summed E-state index contributed by atoms with van der Waals surface area (Å²) in [4.78, 5) is 16.2. The lowest BCUT2D eigenvalue weighted by Gasteiger charge is -2.30. The average molecular weight is 417 g/mol. The highest BCUT2D eigenvalue weighted by molar-refractivity contribution is 5.98. The van der Waals surface area contributed by atoms with Crippen LogP contribution in [0.1, 0.15) is 36.0 Å². The number of aromatic nitrogens is 1. The first-order valence-electron chi connectivity index (χ1n) is 9.99. The molecule has 1 fully saturated rings. The Hall–Kier alpha value is -2.91. The minimum atomic E-state index is -0.780. The summed E-state index contributed by atoms with van der Waals surface area (Å²) >= 11 is 0. The molecule has 162 valence electrons. The van der Waals surface area contributed by atoms with Crippen LogP contribution in [-0.4, -0.2) is 43.3 Å². The van der Waals surface area contributed by atoms with Crippen LogP contribution in [0.15, 0.2) is 30.3 Å². The van der Waals surface area contributed by atoms with Gasteiger partial charge in [0.25, 0.3) is 5.91 Å². The van der Waals surface area contributed by atoms with Crippen LogP contribution in [-0.2, 0) is 4.74 Å². The second kappa shape index (κ2) is 10.2. The van der Waals surface area contributed by atoms with E-state index in [1.165, 1.54) is 0 Å². The molecule has 3 rings (SSSR count). The third kappa shape index (κ3) is 5.58. The second-order valence-corrected chi connectivity index (χ2v) is 7.27. The molecule has 1 heterocycles. The number of rotatable bonds is 9. The van der Waals surface area contributed by atoms with Gasteiger partial charge >= 0.3 is 0 Å². The highest BCUT2D eigenvalue weighted by Gasteiger charge is 2.24.